The Kier molecular flexibility index (Phi) is 6.60. The molecule has 2 saturated heterocycles. The zero-order valence-electron chi connectivity index (χ0n) is 17.7. The predicted molar refractivity (Wildman–Crippen MR) is 119 cm³/mol. The first-order chi connectivity index (χ1) is 15.0. The van der Waals surface area contributed by atoms with Crippen LogP contribution in [0, 0.1) is 5.82 Å². The molecule has 0 saturated carbocycles. The number of methoxy groups -OCH3 is 1. The number of nitrogens with zero attached hydrogens (tertiary/aromatic N) is 2. The van der Waals surface area contributed by atoms with Crippen molar-refractivity contribution in [1.82, 2.24) is 9.80 Å². The molecule has 4 rings (SSSR count). The smallest absolute Gasteiger partial charge is 0.255 e. The number of rotatable bonds is 4. The van der Waals surface area contributed by atoms with Crippen molar-refractivity contribution in [2.75, 3.05) is 39.9 Å². The molecule has 2 atom stereocenters. The van der Waals surface area contributed by atoms with Crippen LogP contribution >= 0.6 is 11.6 Å². The molecule has 5 nitrogen and oxygen atoms in total. The Hall–Kier alpha value is -2.41. The third kappa shape index (κ3) is 4.47. The third-order valence-corrected chi connectivity index (χ3v) is 6.32. The van der Waals surface area contributed by atoms with E-state index in [1.165, 1.54) is 13.2 Å². The fourth-order valence-electron chi connectivity index (χ4n) is 4.24. The molecule has 2 aliphatic rings. The normalized spacial score (nSPS) is 21.9. The number of hydrogen-bond donors (Lipinski definition) is 0. The van der Waals surface area contributed by atoms with Gasteiger partial charge in [0.15, 0.2) is 0 Å². The number of hydrogen-bond acceptors (Lipinski definition) is 4. The van der Waals surface area contributed by atoms with Gasteiger partial charge < -0.3 is 14.4 Å². The lowest BCUT2D eigenvalue weighted by atomic mass is 10.0. The quantitative estimate of drug-likeness (QED) is 0.700. The average Bonchev–Trinajstić information content (AvgIpc) is 2.79. The zero-order chi connectivity index (χ0) is 22.0. The average molecular weight is 445 g/mol. The number of carbonyl (C=O) groups excluding carboxylic acids is 1. The van der Waals surface area contributed by atoms with Crippen molar-refractivity contribution in [3.05, 3.63) is 70.0 Å². The molecule has 2 aliphatic heterocycles. The Morgan fingerprint density at radius 1 is 1.26 bits per heavy atom. The number of carbonyl (C=O) groups is 1. The number of fused-ring (bicyclic) bond motifs is 1. The van der Waals surface area contributed by atoms with E-state index in [-0.39, 0.29) is 23.9 Å². The molecule has 0 aromatic heterocycles. The summed E-state index contributed by atoms with van der Waals surface area (Å²) in [5.41, 5.74) is 1.98. The minimum atomic E-state index is -0.237. The molecule has 31 heavy (non-hydrogen) atoms. The van der Waals surface area contributed by atoms with E-state index >= 15 is 0 Å². The van der Waals surface area contributed by atoms with Crippen LogP contribution in [0.5, 0.6) is 5.75 Å². The van der Waals surface area contributed by atoms with Crippen LogP contribution in [0.3, 0.4) is 0 Å². The number of amides is 1. The minimum absolute atomic E-state index is 0.0970. The fourth-order valence-corrected chi connectivity index (χ4v) is 4.53. The predicted octanol–water partition coefficient (Wildman–Crippen LogP) is 4.42. The number of allylic oxidation sites excluding steroid dienone is 1. The lowest BCUT2D eigenvalue weighted by Crippen LogP contribution is -2.59. The topological polar surface area (TPSA) is 42.0 Å². The van der Waals surface area contributed by atoms with Crippen LogP contribution in [0.15, 0.2) is 42.5 Å². The molecule has 2 aromatic rings. The van der Waals surface area contributed by atoms with E-state index in [0.717, 1.165) is 12.1 Å². The molecule has 0 unspecified atom stereocenters. The highest BCUT2D eigenvalue weighted by molar-refractivity contribution is 6.35. The molecule has 2 heterocycles. The number of halogens is 2. The van der Waals surface area contributed by atoms with Gasteiger partial charge in [-0.2, -0.15) is 0 Å². The number of piperazine rings is 1. The van der Waals surface area contributed by atoms with Crippen molar-refractivity contribution in [2.24, 2.45) is 0 Å². The summed E-state index contributed by atoms with van der Waals surface area (Å²) in [6, 6.07) is 10.5. The summed E-state index contributed by atoms with van der Waals surface area (Å²) in [7, 11) is 1.53. The number of benzene rings is 2. The fraction of sp³-hybridized carbons (Fsp3) is 0.375. The monoisotopic (exact) mass is 444 g/mol. The van der Waals surface area contributed by atoms with Gasteiger partial charge in [0.1, 0.15) is 11.6 Å². The van der Waals surface area contributed by atoms with E-state index in [2.05, 4.69) is 4.90 Å². The second-order valence-electron chi connectivity index (χ2n) is 7.82. The van der Waals surface area contributed by atoms with Gasteiger partial charge in [-0.25, -0.2) is 4.39 Å². The summed E-state index contributed by atoms with van der Waals surface area (Å²) < 4.78 is 25.3. The highest BCUT2D eigenvalue weighted by atomic mass is 35.5. The maximum Gasteiger partial charge on any atom is 0.255 e. The second-order valence-corrected chi connectivity index (χ2v) is 8.20. The maximum absolute atomic E-state index is 14.0. The molecular formula is C24H26ClFN2O3. The van der Waals surface area contributed by atoms with Gasteiger partial charge >= 0.3 is 0 Å². The van der Waals surface area contributed by atoms with Crippen molar-refractivity contribution >= 4 is 23.6 Å². The third-order valence-electron chi connectivity index (χ3n) is 5.93. The van der Waals surface area contributed by atoms with Crippen LogP contribution in [0.25, 0.3) is 6.08 Å². The molecule has 7 heteroatoms. The summed E-state index contributed by atoms with van der Waals surface area (Å²) in [5.74, 6) is 0.158. The van der Waals surface area contributed by atoms with Crippen molar-refractivity contribution < 1.29 is 18.7 Å². The standard InChI is InChI=1S/C24H26ClFN2O3/c1-3-5-16-12-17(8-9-20(16)26)22-14-27-10-11-28(13-18(27)15-31-22)24(29)19-6-4-7-21(30-2)23(19)25/h3-9,12,18,22H,10-11,13-15H2,1-2H3/b5-3+/t18-,22-/m0/s1. The molecule has 164 valence electrons. The lowest BCUT2D eigenvalue weighted by Gasteiger charge is -2.46. The molecule has 2 fully saturated rings. The van der Waals surface area contributed by atoms with E-state index < -0.39 is 0 Å². The van der Waals surface area contributed by atoms with Crippen molar-refractivity contribution in [2.45, 2.75) is 19.1 Å². The van der Waals surface area contributed by atoms with Crippen LogP contribution in [-0.4, -0.2) is 61.6 Å². The van der Waals surface area contributed by atoms with E-state index in [1.807, 2.05) is 24.0 Å². The first-order valence-electron chi connectivity index (χ1n) is 10.4. The lowest BCUT2D eigenvalue weighted by molar-refractivity contribution is -0.0858. The van der Waals surface area contributed by atoms with Crippen LogP contribution in [0.2, 0.25) is 5.02 Å². The van der Waals surface area contributed by atoms with Crippen molar-refractivity contribution in [1.29, 1.82) is 0 Å². The molecule has 0 N–H and O–H groups in total. The number of ether oxygens (including phenoxy) is 2. The van der Waals surface area contributed by atoms with E-state index in [1.54, 1.807) is 30.3 Å². The highest BCUT2D eigenvalue weighted by Crippen LogP contribution is 2.31. The maximum atomic E-state index is 14.0. The van der Waals surface area contributed by atoms with Crippen LogP contribution in [-0.2, 0) is 4.74 Å². The first kappa shape index (κ1) is 21.8. The number of morpholine rings is 1. The van der Waals surface area contributed by atoms with Crippen LogP contribution < -0.4 is 4.74 Å². The SMILES string of the molecule is C/C=C/c1cc([C@@H]2CN3CCN(C(=O)c4cccc(OC)c4Cl)C[C@H]3CO2)ccc1F. The Morgan fingerprint density at radius 3 is 2.87 bits per heavy atom. The molecule has 0 radical (unpaired) electrons. The molecule has 0 bridgehead atoms. The van der Waals surface area contributed by atoms with Gasteiger partial charge in [-0.15, -0.1) is 0 Å². The largest absolute Gasteiger partial charge is 0.495 e. The summed E-state index contributed by atoms with van der Waals surface area (Å²) in [5, 5.41) is 0.339. The molecule has 0 aliphatic carbocycles. The van der Waals surface area contributed by atoms with Gasteiger partial charge in [0, 0.05) is 31.7 Å². The van der Waals surface area contributed by atoms with Crippen molar-refractivity contribution in [3.8, 4) is 5.75 Å². The Balaban J connectivity index is 1.43. The van der Waals surface area contributed by atoms with Gasteiger partial charge in [-0.3, -0.25) is 9.69 Å². The molecule has 1 amide bonds. The highest BCUT2D eigenvalue weighted by Gasteiger charge is 2.36. The van der Waals surface area contributed by atoms with Gasteiger partial charge in [0.05, 0.1) is 36.4 Å². The summed E-state index contributed by atoms with van der Waals surface area (Å²) in [4.78, 5) is 17.2. The van der Waals surface area contributed by atoms with Crippen LogP contribution in [0.1, 0.15) is 34.5 Å². The van der Waals surface area contributed by atoms with Crippen molar-refractivity contribution in [3.63, 3.8) is 0 Å². The Morgan fingerprint density at radius 2 is 2.10 bits per heavy atom. The molecule has 0 spiro atoms. The summed E-state index contributed by atoms with van der Waals surface area (Å²) in [6.07, 6.45) is 3.47. The van der Waals surface area contributed by atoms with Gasteiger partial charge in [-0.1, -0.05) is 35.9 Å². The van der Waals surface area contributed by atoms with Gasteiger partial charge in [0.2, 0.25) is 0 Å². The Bertz CT molecular complexity index is 997. The van der Waals surface area contributed by atoms with E-state index in [9.17, 15) is 9.18 Å². The summed E-state index contributed by atoms with van der Waals surface area (Å²) in [6.45, 7) is 5.04. The zero-order valence-corrected chi connectivity index (χ0v) is 18.4. The van der Waals surface area contributed by atoms with Crippen LogP contribution in [0.4, 0.5) is 4.39 Å². The minimum Gasteiger partial charge on any atom is -0.495 e. The Labute approximate surface area is 187 Å². The molecular weight excluding hydrogens is 419 g/mol. The second kappa shape index (κ2) is 9.39. The first-order valence-corrected chi connectivity index (χ1v) is 10.8. The van der Waals surface area contributed by atoms with E-state index in [4.69, 9.17) is 21.1 Å². The summed E-state index contributed by atoms with van der Waals surface area (Å²) >= 11 is 6.35. The van der Waals surface area contributed by atoms with Gasteiger partial charge in [-0.05, 0) is 36.8 Å². The van der Waals surface area contributed by atoms with Gasteiger partial charge in [0.25, 0.3) is 5.91 Å². The van der Waals surface area contributed by atoms with E-state index in [0.29, 0.717) is 48.1 Å². The molecule has 2 aromatic carbocycles.